The molecule has 0 spiro atoms. The number of nitrogens with two attached hydrogens (primary N) is 1. The standard InChI is InChI=1S/C9H14N4/c1-6-5-12-9(10)13-8(6)7-3-2-4-11-7/h5,7,11H,2-4H2,1H3,(H2,10,12,13)/t7-/m1/s1. The van der Waals surface area contributed by atoms with Crippen molar-refractivity contribution in [1.82, 2.24) is 15.3 Å². The number of hydrogen-bond acceptors (Lipinski definition) is 4. The number of aryl methyl sites for hydroxylation is 1. The van der Waals surface area contributed by atoms with Crippen LogP contribution in [0.3, 0.4) is 0 Å². The van der Waals surface area contributed by atoms with E-state index >= 15 is 0 Å². The predicted molar refractivity (Wildman–Crippen MR) is 51.2 cm³/mol. The first-order valence-electron chi connectivity index (χ1n) is 4.60. The van der Waals surface area contributed by atoms with Crippen LogP contribution in [0.4, 0.5) is 5.95 Å². The molecular formula is C9H14N4. The number of rotatable bonds is 1. The number of hydrogen-bond donors (Lipinski definition) is 2. The lowest BCUT2D eigenvalue weighted by Gasteiger charge is -2.11. The van der Waals surface area contributed by atoms with E-state index in [1.165, 1.54) is 6.42 Å². The SMILES string of the molecule is Cc1cnc(N)nc1[C@H]1CCCN1. The molecule has 1 aliphatic heterocycles. The highest BCUT2D eigenvalue weighted by molar-refractivity contribution is 5.26. The third-order valence-corrected chi connectivity index (χ3v) is 2.42. The van der Waals surface area contributed by atoms with Crippen LogP contribution in [0.1, 0.15) is 30.1 Å². The second-order valence-corrected chi connectivity index (χ2v) is 3.45. The second kappa shape index (κ2) is 3.30. The minimum Gasteiger partial charge on any atom is -0.368 e. The van der Waals surface area contributed by atoms with Crippen LogP contribution in [-0.2, 0) is 0 Å². The number of nitrogen functional groups attached to an aromatic ring is 1. The van der Waals surface area contributed by atoms with Gasteiger partial charge < -0.3 is 11.1 Å². The van der Waals surface area contributed by atoms with E-state index in [1.54, 1.807) is 6.20 Å². The van der Waals surface area contributed by atoms with E-state index in [0.717, 1.165) is 24.2 Å². The molecule has 1 aliphatic rings. The van der Waals surface area contributed by atoms with Crippen molar-refractivity contribution in [3.05, 3.63) is 17.5 Å². The van der Waals surface area contributed by atoms with Crippen LogP contribution in [0.15, 0.2) is 6.20 Å². The van der Waals surface area contributed by atoms with Crippen molar-refractivity contribution in [2.45, 2.75) is 25.8 Å². The van der Waals surface area contributed by atoms with Crippen molar-refractivity contribution >= 4 is 5.95 Å². The van der Waals surface area contributed by atoms with Gasteiger partial charge in [0, 0.05) is 12.2 Å². The summed E-state index contributed by atoms with van der Waals surface area (Å²) in [6.07, 6.45) is 4.16. The molecule has 1 atom stereocenters. The van der Waals surface area contributed by atoms with Crippen LogP contribution in [0, 0.1) is 6.92 Å². The zero-order chi connectivity index (χ0) is 9.26. The summed E-state index contributed by atoms with van der Waals surface area (Å²) in [6, 6.07) is 0.380. The van der Waals surface area contributed by atoms with Crippen LogP contribution in [0.2, 0.25) is 0 Å². The molecule has 1 aromatic heterocycles. The molecule has 4 heteroatoms. The van der Waals surface area contributed by atoms with Gasteiger partial charge in [-0.1, -0.05) is 0 Å². The zero-order valence-electron chi connectivity index (χ0n) is 7.75. The molecule has 13 heavy (non-hydrogen) atoms. The molecule has 1 saturated heterocycles. The predicted octanol–water partition coefficient (Wildman–Crippen LogP) is 0.792. The third kappa shape index (κ3) is 1.62. The normalized spacial score (nSPS) is 22.1. The Hall–Kier alpha value is -1.16. The van der Waals surface area contributed by atoms with Gasteiger partial charge in [-0.2, -0.15) is 0 Å². The molecule has 4 nitrogen and oxygen atoms in total. The van der Waals surface area contributed by atoms with Crippen molar-refractivity contribution in [2.75, 3.05) is 12.3 Å². The van der Waals surface area contributed by atoms with Crippen molar-refractivity contribution in [1.29, 1.82) is 0 Å². The summed E-state index contributed by atoms with van der Waals surface area (Å²) in [7, 11) is 0. The van der Waals surface area contributed by atoms with Crippen LogP contribution in [-0.4, -0.2) is 16.5 Å². The maximum atomic E-state index is 5.55. The van der Waals surface area contributed by atoms with Gasteiger partial charge in [0.2, 0.25) is 5.95 Å². The lowest BCUT2D eigenvalue weighted by Crippen LogP contribution is -2.16. The first-order chi connectivity index (χ1) is 6.27. The fraction of sp³-hybridized carbons (Fsp3) is 0.556. The van der Waals surface area contributed by atoms with Crippen LogP contribution in [0.25, 0.3) is 0 Å². The quantitative estimate of drug-likeness (QED) is 0.667. The fourth-order valence-corrected chi connectivity index (χ4v) is 1.74. The summed E-state index contributed by atoms with van der Waals surface area (Å²) < 4.78 is 0. The summed E-state index contributed by atoms with van der Waals surface area (Å²) in [6.45, 7) is 3.10. The van der Waals surface area contributed by atoms with E-state index in [1.807, 2.05) is 6.92 Å². The highest BCUT2D eigenvalue weighted by Crippen LogP contribution is 2.23. The maximum Gasteiger partial charge on any atom is 0.220 e. The van der Waals surface area contributed by atoms with Gasteiger partial charge in [0.1, 0.15) is 0 Å². The summed E-state index contributed by atoms with van der Waals surface area (Å²) in [5.41, 5.74) is 7.72. The van der Waals surface area contributed by atoms with Gasteiger partial charge in [0.05, 0.1) is 5.69 Å². The first kappa shape index (κ1) is 8.44. The molecule has 0 radical (unpaired) electrons. The summed E-state index contributed by atoms with van der Waals surface area (Å²) in [5, 5.41) is 3.40. The van der Waals surface area contributed by atoms with Crippen LogP contribution < -0.4 is 11.1 Å². The molecule has 3 N–H and O–H groups in total. The van der Waals surface area contributed by atoms with Crippen molar-refractivity contribution in [3.63, 3.8) is 0 Å². The van der Waals surface area contributed by atoms with Crippen LogP contribution in [0.5, 0.6) is 0 Å². The molecule has 2 heterocycles. The molecule has 1 fully saturated rings. The molecule has 0 saturated carbocycles. The Kier molecular flexibility index (Phi) is 2.14. The van der Waals surface area contributed by atoms with Gasteiger partial charge >= 0.3 is 0 Å². The summed E-state index contributed by atoms with van der Waals surface area (Å²) >= 11 is 0. The van der Waals surface area contributed by atoms with Crippen molar-refractivity contribution in [3.8, 4) is 0 Å². The molecular weight excluding hydrogens is 164 g/mol. The average molecular weight is 178 g/mol. The molecule has 2 rings (SSSR count). The monoisotopic (exact) mass is 178 g/mol. The molecule has 0 aromatic carbocycles. The maximum absolute atomic E-state index is 5.55. The fourth-order valence-electron chi connectivity index (χ4n) is 1.74. The van der Waals surface area contributed by atoms with Crippen molar-refractivity contribution < 1.29 is 0 Å². The Morgan fingerprint density at radius 1 is 1.62 bits per heavy atom. The second-order valence-electron chi connectivity index (χ2n) is 3.45. The van der Waals surface area contributed by atoms with Gasteiger partial charge in [-0.3, -0.25) is 0 Å². The van der Waals surface area contributed by atoms with Gasteiger partial charge in [-0.05, 0) is 31.9 Å². The Labute approximate surface area is 77.6 Å². The highest BCUT2D eigenvalue weighted by atomic mass is 15.0. The van der Waals surface area contributed by atoms with Crippen molar-refractivity contribution in [2.24, 2.45) is 0 Å². The molecule has 0 aliphatic carbocycles. The van der Waals surface area contributed by atoms with Crippen LogP contribution >= 0.6 is 0 Å². The molecule has 0 bridgehead atoms. The third-order valence-electron chi connectivity index (χ3n) is 2.42. The number of anilines is 1. The van der Waals surface area contributed by atoms with Gasteiger partial charge in [0.15, 0.2) is 0 Å². The molecule has 70 valence electrons. The number of nitrogens with one attached hydrogen (secondary N) is 1. The van der Waals surface area contributed by atoms with E-state index in [-0.39, 0.29) is 0 Å². The minimum atomic E-state index is 0.370. The zero-order valence-corrected chi connectivity index (χ0v) is 7.75. The largest absolute Gasteiger partial charge is 0.368 e. The lowest BCUT2D eigenvalue weighted by molar-refractivity contribution is 0.622. The number of aromatic nitrogens is 2. The molecule has 1 aromatic rings. The summed E-state index contributed by atoms with van der Waals surface area (Å²) in [4.78, 5) is 8.21. The average Bonchev–Trinajstić information content (AvgIpc) is 2.61. The van der Waals surface area contributed by atoms with Gasteiger partial charge in [-0.25, -0.2) is 9.97 Å². The Bertz CT molecular complexity index is 304. The summed E-state index contributed by atoms with van der Waals surface area (Å²) in [5.74, 6) is 0.370. The Balaban J connectivity index is 2.32. The van der Waals surface area contributed by atoms with E-state index in [0.29, 0.717) is 12.0 Å². The highest BCUT2D eigenvalue weighted by Gasteiger charge is 2.19. The van der Waals surface area contributed by atoms with Gasteiger partial charge in [0.25, 0.3) is 0 Å². The first-order valence-corrected chi connectivity index (χ1v) is 4.60. The van der Waals surface area contributed by atoms with E-state index in [2.05, 4.69) is 15.3 Å². The molecule has 0 amide bonds. The Morgan fingerprint density at radius 2 is 2.46 bits per heavy atom. The Morgan fingerprint density at radius 3 is 3.15 bits per heavy atom. The topological polar surface area (TPSA) is 63.8 Å². The smallest absolute Gasteiger partial charge is 0.220 e. The van der Waals surface area contributed by atoms with E-state index in [4.69, 9.17) is 5.73 Å². The minimum absolute atomic E-state index is 0.370. The molecule has 0 unspecified atom stereocenters. The van der Waals surface area contributed by atoms with E-state index < -0.39 is 0 Å². The number of nitrogens with zero attached hydrogens (tertiary/aromatic N) is 2. The lowest BCUT2D eigenvalue weighted by atomic mass is 10.1. The van der Waals surface area contributed by atoms with E-state index in [9.17, 15) is 0 Å². The van der Waals surface area contributed by atoms with Gasteiger partial charge in [-0.15, -0.1) is 0 Å².